The number of nitrogens with one attached hydrogen (secondary N) is 2. The lowest BCUT2D eigenvalue weighted by molar-refractivity contribution is 0.122. The third-order valence-electron chi connectivity index (χ3n) is 17.7. The Morgan fingerprint density at radius 1 is 0.275 bits per heavy atom. The number of hydrogen-bond donors (Lipinski definition) is 2. The first-order valence-corrected chi connectivity index (χ1v) is 28.6. The highest BCUT2D eigenvalue weighted by Crippen LogP contribution is 2.54. The van der Waals surface area contributed by atoms with E-state index in [-0.39, 0.29) is 0 Å². The van der Waals surface area contributed by atoms with Gasteiger partial charge in [0.25, 0.3) is 0 Å². The van der Waals surface area contributed by atoms with Gasteiger partial charge in [0.2, 0.25) is 0 Å². The van der Waals surface area contributed by atoms with Gasteiger partial charge in [-0.3, -0.25) is 0 Å². The van der Waals surface area contributed by atoms with Gasteiger partial charge in [0.1, 0.15) is 0 Å². The maximum absolute atomic E-state index is 6.21. The highest BCUT2D eigenvalue weighted by molar-refractivity contribution is 6.24. The first-order valence-electron chi connectivity index (χ1n) is 28.6. The molecule has 12 nitrogen and oxygen atoms in total. The number of ether oxygens (including phenoxy) is 4. The number of morpholine rings is 4. The van der Waals surface area contributed by atoms with Crippen LogP contribution in [-0.2, 0) is 18.9 Å². The molecule has 4 fully saturated rings. The Labute approximate surface area is 461 Å². The Morgan fingerprint density at radius 2 is 0.475 bits per heavy atom. The van der Waals surface area contributed by atoms with Gasteiger partial charge >= 0.3 is 0 Å². The van der Waals surface area contributed by atoms with Crippen molar-refractivity contribution in [3.8, 4) is 45.0 Å². The summed E-state index contributed by atoms with van der Waals surface area (Å²) in [5, 5.41) is 14.0. The van der Waals surface area contributed by atoms with Gasteiger partial charge in [0.05, 0.1) is 120 Å². The summed E-state index contributed by atoms with van der Waals surface area (Å²) in [4.78, 5) is 31.3. The minimum atomic E-state index is 0.607. The quantitative estimate of drug-likeness (QED) is 0.177. The van der Waals surface area contributed by atoms with E-state index < -0.39 is 0 Å². The van der Waals surface area contributed by atoms with Gasteiger partial charge < -0.3 is 48.5 Å². The van der Waals surface area contributed by atoms with Crippen molar-refractivity contribution >= 4 is 109 Å². The van der Waals surface area contributed by atoms with E-state index in [2.05, 4.69) is 175 Å². The maximum atomic E-state index is 6.21. The first-order chi connectivity index (χ1) is 39.7. The lowest BCUT2D eigenvalue weighted by atomic mass is 9.96. The maximum Gasteiger partial charge on any atom is 0.0972 e. The molecule has 0 amide bonds. The number of benzene rings is 8. The van der Waals surface area contributed by atoms with Crippen LogP contribution in [0.15, 0.2) is 146 Å². The summed E-state index contributed by atoms with van der Waals surface area (Å²) in [6.45, 7) is 10.5. The zero-order chi connectivity index (χ0) is 52.4. The average molecular weight is 1050 g/mol. The molecule has 1 aliphatic carbocycles. The monoisotopic (exact) mass is 1050 g/mol. The predicted octanol–water partition coefficient (Wildman–Crippen LogP) is 13.2. The normalized spacial score (nSPS) is 16.9. The van der Waals surface area contributed by atoms with Crippen molar-refractivity contribution in [1.82, 2.24) is 19.9 Å². The fraction of sp³-hybridized carbons (Fsp3) is 0.235. The van der Waals surface area contributed by atoms with Crippen LogP contribution in [0.1, 0.15) is 0 Å². The Balaban J connectivity index is 1.18. The van der Waals surface area contributed by atoms with Gasteiger partial charge in [-0.25, -0.2) is 9.97 Å². The van der Waals surface area contributed by atoms with Crippen LogP contribution in [0.5, 0.6) is 0 Å². The molecule has 10 aromatic rings. The Bertz CT molecular complexity index is 3990. The molecular formula is C68H58N8O4. The Kier molecular flexibility index (Phi) is 10.8. The molecule has 6 aliphatic heterocycles. The van der Waals surface area contributed by atoms with Crippen LogP contribution in [0.4, 0.5) is 22.7 Å². The molecule has 8 aromatic carbocycles. The minimum absolute atomic E-state index is 0.607. The smallest absolute Gasteiger partial charge is 0.0972 e. The summed E-state index contributed by atoms with van der Waals surface area (Å²) in [6, 6.07) is 54.4. The van der Waals surface area contributed by atoms with Crippen LogP contribution in [0.2, 0.25) is 0 Å². The van der Waals surface area contributed by atoms with E-state index in [9.17, 15) is 0 Å². The molecule has 0 atom stereocenters. The summed E-state index contributed by atoms with van der Waals surface area (Å²) in [5.41, 5.74) is 16.7. The second kappa shape index (κ2) is 18.5. The van der Waals surface area contributed by atoms with Crippen LogP contribution in [0.3, 0.4) is 0 Å². The molecule has 12 heteroatoms. The van der Waals surface area contributed by atoms with Crippen molar-refractivity contribution < 1.29 is 18.9 Å². The number of anilines is 4. The molecule has 2 N–H and O–H groups in total. The minimum Gasteiger partial charge on any atom is -0.378 e. The van der Waals surface area contributed by atoms with Crippen molar-refractivity contribution in [2.24, 2.45) is 0 Å². The molecule has 8 heterocycles. The van der Waals surface area contributed by atoms with E-state index in [1.54, 1.807) is 0 Å². The van der Waals surface area contributed by atoms with Crippen molar-refractivity contribution in [2.45, 2.75) is 0 Å². The number of H-pyrrole nitrogens is 2. The summed E-state index contributed by atoms with van der Waals surface area (Å²) in [7, 11) is 0. The van der Waals surface area contributed by atoms with Gasteiger partial charge in [0.15, 0.2) is 0 Å². The van der Waals surface area contributed by atoms with Crippen LogP contribution in [0.25, 0.3) is 132 Å². The molecule has 0 saturated carbocycles. The molecule has 7 aliphatic rings. The van der Waals surface area contributed by atoms with Gasteiger partial charge in [-0.1, -0.05) is 97.1 Å². The summed E-state index contributed by atoms with van der Waals surface area (Å²) in [6.07, 6.45) is 0. The summed E-state index contributed by atoms with van der Waals surface area (Å²) in [5.74, 6) is 0. The fourth-order valence-electron chi connectivity index (χ4n) is 13.9. The standard InChI is InChI=1S/C68H58N8O4/c1-2-10-42-34-50-49(33-41(42)9-1)57-65(73-17-25-77-26-18-73)59-51-35-43-11-3-4-12-44(43)36-52(51)61(70-59)67(75-21-29-79-30-22-75)63-55-39-47-15-7-8-16-48(47)40-56(55)64(72-63)68(76-23-31-80-32-24-76)62-54-38-46-14-6-5-13-45(46)37-53(54)60(71-62)66(58(50)69-57)74-19-27-78-28-20-74/h1-16,33-40,69,72H,17-32H2. The Hall–Kier alpha value is -8.52. The molecule has 394 valence electrons. The highest BCUT2D eigenvalue weighted by Gasteiger charge is 2.35. The molecule has 0 unspecified atom stereocenters. The molecule has 4 saturated heterocycles. The first kappa shape index (κ1) is 46.4. The lowest BCUT2D eigenvalue weighted by Gasteiger charge is -2.30. The van der Waals surface area contributed by atoms with E-state index in [0.29, 0.717) is 105 Å². The third kappa shape index (κ3) is 7.29. The van der Waals surface area contributed by atoms with Crippen molar-refractivity contribution in [3.05, 3.63) is 146 Å². The third-order valence-corrected chi connectivity index (χ3v) is 17.7. The largest absolute Gasteiger partial charge is 0.378 e. The number of hydrogen-bond acceptors (Lipinski definition) is 10. The van der Waals surface area contributed by atoms with E-state index in [0.717, 1.165) is 111 Å². The SMILES string of the molecule is c1ccc2cc3c(cc2c1)-c1nc-3c(N2CCOCC2)c2[nH]c(c(N3CCOCC3)c3nc(c(N4CCOCC4)c4[nH]c(c1N1CCOCC1)c1cc5ccccc5cc41)-c1cc4ccccc4cc1-3)c1cc3ccccc3cc21. The van der Waals surface area contributed by atoms with Gasteiger partial charge in [-0.15, -0.1) is 0 Å². The second-order valence-corrected chi connectivity index (χ2v) is 22.1. The van der Waals surface area contributed by atoms with E-state index in [1.807, 2.05) is 0 Å². The fourth-order valence-corrected chi connectivity index (χ4v) is 13.9. The molecule has 8 bridgehead atoms. The molecule has 0 spiro atoms. The van der Waals surface area contributed by atoms with Crippen molar-refractivity contribution in [1.29, 1.82) is 0 Å². The average Bonchev–Trinajstić information content (AvgIpc) is 4.34. The Morgan fingerprint density at radius 3 is 0.688 bits per heavy atom. The van der Waals surface area contributed by atoms with E-state index in [1.165, 1.54) is 43.1 Å². The van der Waals surface area contributed by atoms with Crippen LogP contribution in [0, 0.1) is 0 Å². The number of nitrogens with zero attached hydrogens (tertiary/aromatic N) is 6. The zero-order valence-electron chi connectivity index (χ0n) is 44.5. The molecule has 0 radical (unpaired) electrons. The molecule has 80 heavy (non-hydrogen) atoms. The van der Waals surface area contributed by atoms with Crippen molar-refractivity contribution in [2.75, 3.05) is 125 Å². The second-order valence-electron chi connectivity index (χ2n) is 22.1. The summed E-state index contributed by atoms with van der Waals surface area (Å²) >= 11 is 0. The lowest BCUT2D eigenvalue weighted by Crippen LogP contribution is -2.37. The number of aromatic nitrogens is 4. The van der Waals surface area contributed by atoms with Gasteiger partial charge in [-0.05, 0) is 91.6 Å². The molecular weight excluding hydrogens is 993 g/mol. The molecule has 2 aromatic heterocycles. The summed E-state index contributed by atoms with van der Waals surface area (Å²) < 4.78 is 24.8. The number of rotatable bonds is 4. The molecule has 17 rings (SSSR count). The zero-order valence-corrected chi connectivity index (χ0v) is 44.5. The number of fused-ring (bicyclic) bond motifs is 4. The van der Waals surface area contributed by atoms with Gasteiger partial charge in [-0.2, -0.15) is 0 Å². The highest BCUT2D eigenvalue weighted by atomic mass is 16.5. The topological polar surface area (TPSA) is 107 Å². The predicted molar refractivity (Wildman–Crippen MR) is 327 cm³/mol. The van der Waals surface area contributed by atoms with Crippen LogP contribution < -0.4 is 19.6 Å². The van der Waals surface area contributed by atoms with E-state index >= 15 is 0 Å². The van der Waals surface area contributed by atoms with Crippen LogP contribution >= 0.6 is 0 Å². The van der Waals surface area contributed by atoms with Gasteiger partial charge in [0, 0.05) is 96.2 Å². The van der Waals surface area contributed by atoms with E-state index in [4.69, 9.17) is 28.9 Å². The van der Waals surface area contributed by atoms with Crippen molar-refractivity contribution in [3.63, 3.8) is 0 Å². The van der Waals surface area contributed by atoms with Crippen LogP contribution in [-0.4, -0.2) is 125 Å². The number of aromatic amines is 2.